The van der Waals surface area contributed by atoms with E-state index in [9.17, 15) is 18.3 Å². The first-order chi connectivity index (χ1) is 14.1. The van der Waals surface area contributed by atoms with Gasteiger partial charge in [-0.25, -0.2) is 8.42 Å². The van der Waals surface area contributed by atoms with Gasteiger partial charge in [0.1, 0.15) is 0 Å². The molecule has 3 N–H and O–H groups in total. The molecule has 1 aromatic heterocycles. The van der Waals surface area contributed by atoms with Gasteiger partial charge in [-0.15, -0.1) is 0 Å². The van der Waals surface area contributed by atoms with Gasteiger partial charge >= 0.3 is 0 Å². The van der Waals surface area contributed by atoms with E-state index in [2.05, 4.69) is 4.98 Å². The number of hydrogen-bond acceptors (Lipinski definition) is 5. The molecule has 0 spiro atoms. The third-order valence-electron chi connectivity index (χ3n) is 4.36. The molecule has 2 aromatic carbocycles. The van der Waals surface area contributed by atoms with Gasteiger partial charge in [0.2, 0.25) is 5.91 Å². The van der Waals surface area contributed by atoms with E-state index in [1.807, 2.05) is 0 Å². The minimum absolute atomic E-state index is 0.0167. The normalized spacial score (nSPS) is 12.5. The number of primary amides is 1. The van der Waals surface area contributed by atoms with E-state index in [1.54, 1.807) is 42.6 Å². The highest BCUT2D eigenvalue weighted by molar-refractivity contribution is 7.91. The first kappa shape index (κ1) is 22.2. The lowest BCUT2D eigenvalue weighted by Crippen LogP contribution is -2.19. The molecule has 156 valence electrons. The minimum Gasteiger partial charge on any atom is -0.392 e. The predicted molar refractivity (Wildman–Crippen MR) is 117 cm³/mol. The van der Waals surface area contributed by atoms with Gasteiger partial charge in [-0.3, -0.25) is 9.78 Å². The topological polar surface area (TPSA) is 110 Å². The molecule has 0 saturated heterocycles. The van der Waals surface area contributed by atoms with Crippen molar-refractivity contribution in [2.75, 3.05) is 5.75 Å². The van der Waals surface area contributed by atoms with Crippen molar-refractivity contribution >= 4 is 38.9 Å². The molecule has 0 bridgehead atoms. The second-order valence-corrected chi connectivity index (χ2v) is 9.49. The number of hydrogen-bond donors (Lipinski definition) is 2. The van der Waals surface area contributed by atoms with Crippen LogP contribution in [-0.2, 0) is 9.84 Å². The zero-order chi connectivity index (χ0) is 22.1. The summed E-state index contributed by atoms with van der Waals surface area (Å²) in [4.78, 5) is 16.0. The lowest BCUT2D eigenvalue weighted by molar-refractivity contribution is 0.100. The lowest BCUT2D eigenvalue weighted by Gasteiger charge is -2.16. The Morgan fingerprint density at radius 2 is 1.90 bits per heavy atom. The quantitative estimate of drug-likeness (QED) is 0.572. The number of carbonyl (C=O) groups is 1. The molecule has 9 heteroatoms. The highest BCUT2D eigenvalue weighted by Gasteiger charge is 2.26. The molecule has 6 nitrogen and oxygen atoms in total. The zero-order valence-corrected chi connectivity index (χ0v) is 18.2. The fraction of sp³-hybridized carbons (Fsp3) is 0.143. The molecule has 3 aromatic rings. The van der Waals surface area contributed by atoms with Crippen LogP contribution in [0.3, 0.4) is 0 Å². The maximum absolute atomic E-state index is 12.9. The molecule has 0 aliphatic carbocycles. The highest BCUT2D eigenvalue weighted by atomic mass is 35.5. The number of aliphatic hydroxyl groups is 1. The van der Waals surface area contributed by atoms with Gasteiger partial charge < -0.3 is 10.8 Å². The number of nitrogens with two attached hydrogens (primary N) is 1. The van der Waals surface area contributed by atoms with Crippen LogP contribution in [0.4, 0.5) is 0 Å². The largest absolute Gasteiger partial charge is 0.392 e. The average Bonchev–Trinajstić information content (AvgIpc) is 2.67. The number of carbonyl (C=O) groups excluding carboxylic acids is 1. The number of benzene rings is 2. The molecule has 0 fully saturated rings. The summed E-state index contributed by atoms with van der Waals surface area (Å²) in [7, 11) is -3.93. The molecule has 0 saturated carbocycles. The summed E-state index contributed by atoms with van der Waals surface area (Å²) < 4.78 is 25.8. The van der Waals surface area contributed by atoms with Crippen LogP contribution in [0.5, 0.6) is 0 Å². The summed E-state index contributed by atoms with van der Waals surface area (Å²) in [5.41, 5.74) is 7.06. The molecular weight excluding hydrogens is 447 g/mol. The van der Waals surface area contributed by atoms with Crippen LogP contribution < -0.4 is 5.73 Å². The van der Waals surface area contributed by atoms with E-state index < -0.39 is 27.6 Å². The van der Waals surface area contributed by atoms with Crippen molar-refractivity contribution < 1.29 is 18.3 Å². The molecule has 1 heterocycles. The maximum Gasteiger partial charge on any atom is 0.250 e. The number of halogens is 2. The Hall–Kier alpha value is -2.45. The summed E-state index contributed by atoms with van der Waals surface area (Å²) >= 11 is 12.8. The van der Waals surface area contributed by atoms with Crippen LogP contribution in [0.25, 0.3) is 22.4 Å². The number of pyridine rings is 1. The molecule has 1 amide bonds. The van der Waals surface area contributed by atoms with Crippen molar-refractivity contribution in [1.29, 1.82) is 0 Å². The van der Waals surface area contributed by atoms with Crippen LogP contribution in [-0.4, -0.2) is 36.3 Å². The van der Waals surface area contributed by atoms with E-state index >= 15 is 0 Å². The fourth-order valence-corrected chi connectivity index (χ4v) is 5.34. The van der Waals surface area contributed by atoms with Crippen LogP contribution in [0.2, 0.25) is 10.0 Å². The maximum atomic E-state index is 12.9. The van der Waals surface area contributed by atoms with E-state index in [1.165, 1.54) is 19.1 Å². The molecule has 0 radical (unpaired) electrons. The number of rotatable bonds is 6. The van der Waals surface area contributed by atoms with Gasteiger partial charge in [-0.05, 0) is 48.9 Å². The van der Waals surface area contributed by atoms with Gasteiger partial charge in [0, 0.05) is 22.3 Å². The monoisotopic (exact) mass is 464 g/mol. The number of nitrogens with zero attached hydrogens (tertiary/aromatic N) is 1. The van der Waals surface area contributed by atoms with Crippen molar-refractivity contribution in [3.63, 3.8) is 0 Å². The molecule has 1 unspecified atom stereocenters. The molecular formula is C21H18Cl2N2O4S. The van der Waals surface area contributed by atoms with Crippen molar-refractivity contribution in [2.45, 2.75) is 17.9 Å². The van der Waals surface area contributed by atoms with E-state index in [0.29, 0.717) is 21.8 Å². The Labute approximate surface area is 184 Å². The molecule has 30 heavy (non-hydrogen) atoms. The van der Waals surface area contributed by atoms with Gasteiger partial charge in [0.25, 0.3) is 0 Å². The van der Waals surface area contributed by atoms with E-state index in [4.69, 9.17) is 28.9 Å². The van der Waals surface area contributed by atoms with Crippen LogP contribution in [0.1, 0.15) is 17.3 Å². The highest BCUT2D eigenvalue weighted by Crippen LogP contribution is 2.40. The molecule has 0 aliphatic heterocycles. The molecule has 1 atom stereocenters. The lowest BCUT2D eigenvalue weighted by atomic mass is 9.99. The predicted octanol–water partition coefficient (Wildman–Crippen LogP) is 3.98. The summed E-state index contributed by atoms with van der Waals surface area (Å²) in [6.07, 6.45) is 0.518. The first-order valence-electron chi connectivity index (χ1n) is 8.86. The second-order valence-electron chi connectivity index (χ2n) is 6.70. The molecule has 0 aliphatic rings. The number of amides is 1. The second kappa shape index (κ2) is 8.73. The Bertz CT molecular complexity index is 1210. The van der Waals surface area contributed by atoms with Crippen LogP contribution in [0, 0.1) is 0 Å². The van der Waals surface area contributed by atoms with Crippen molar-refractivity contribution in [3.8, 4) is 22.4 Å². The van der Waals surface area contributed by atoms with E-state index in [0.717, 1.165) is 0 Å². The van der Waals surface area contributed by atoms with Crippen LogP contribution in [0.15, 0.2) is 59.6 Å². The third kappa shape index (κ3) is 4.49. The van der Waals surface area contributed by atoms with Gasteiger partial charge in [0.15, 0.2) is 9.84 Å². The van der Waals surface area contributed by atoms with Crippen molar-refractivity contribution in [2.24, 2.45) is 5.73 Å². The van der Waals surface area contributed by atoms with Crippen molar-refractivity contribution in [3.05, 3.63) is 70.3 Å². The average molecular weight is 465 g/mol. The van der Waals surface area contributed by atoms with Gasteiger partial charge in [-0.2, -0.15) is 0 Å². The minimum atomic E-state index is -3.93. The molecule has 3 rings (SSSR count). The van der Waals surface area contributed by atoms with Crippen LogP contribution >= 0.6 is 23.2 Å². The van der Waals surface area contributed by atoms with Gasteiger partial charge in [0.05, 0.1) is 33.0 Å². The number of sulfone groups is 1. The van der Waals surface area contributed by atoms with E-state index in [-0.39, 0.29) is 21.0 Å². The first-order valence-corrected chi connectivity index (χ1v) is 11.3. The summed E-state index contributed by atoms with van der Waals surface area (Å²) in [6, 6.07) is 12.7. The smallest absolute Gasteiger partial charge is 0.250 e. The SMILES string of the molecule is CC(O)CS(=O)(=O)c1ccc(C(N)=O)c(Cl)c1-c1ccc(Cl)c(-c2ccccn2)c1. The number of aromatic nitrogens is 1. The third-order valence-corrected chi connectivity index (χ3v) is 7.01. The summed E-state index contributed by atoms with van der Waals surface area (Å²) in [6.45, 7) is 1.37. The Balaban J connectivity index is 2.32. The summed E-state index contributed by atoms with van der Waals surface area (Å²) in [5, 5.41) is 9.96. The standard InChI is InChI=1S/C21H18Cl2N2O4S/c1-12(26)11-30(28,29)18-8-6-14(21(24)27)20(23)19(18)13-5-7-16(22)15(10-13)17-4-2-3-9-25-17/h2-10,12,26H,11H2,1H3,(H2,24,27). The summed E-state index contributed by atoms with van der Waals surface area (Å²) in [5.74, 6) is -1.30. The van der Waals surface area contributed by atoms with Gasteiger partial charge in [-0.1, -0.05) is 35.3 Å². The zero-order valence-electron chi connectivity index (χ0n) is 15.8. The Kier molecular flexibility index (Phi) is 6.47. The number of aliphatic hydroxyl groups excluding tert-OH is 1. The Morgan fingerprint density at radius 1 is 1.17 bits per heavy atom. The Morgan fingerprint density at radius 3 is 2.50 bits per heavy atom. The van der Waals surface area contributed by atoms with Crippen molar-refractivity contribution in [1.82, 2.24) is 4.98 Å². The fourth-order valence-electron chi connectivity index (χ4n) is 3.08.